The topological polar surface area (TPSA) is 278 Å². The van der Waals surface area contributed by atoms with Crippen molar-refractivity contribution >= 4 is 87.0 Å². The molecule has 0 aromatic heterocycles. The van der Waals surface area contributed by atoms with Crippen LogP contribution in [-0.2, 0) is 48.7 Å². The summed E-state index contributed by atoms with van der Waals surface area (Å²) >= 11 is 6.32. The molecule has 0 unspecified atom stereocenters. The number of amides is 2. The van der Waals surface area contributed by atoms with Crippen LogP contribution in [0.5, 0.6) is 0 Å². The lowest BCUT2D eigenvalue weighted by Gasteiger charge is -2.21. The van der Waals surface area contributed by atoms with E-state index < -0.39 is 56.9 Å². The van der Waals surface area contributed by atoms with E-state index in [1.807, 2.05) is 0 Å². The molecule has 2 rings (SSSR count). The number of nitrogens with two attached hydrogens (primary N) is 2. The number of aliphatic carboxylic acids is 2. The Morgan fingerprint density at radius 3 is 1.29 bits per heavy atom. The van der Waals surface area contributed by atoms with E-state index in [-0.39, 0.29) is 82.7 Å². The van der Waals surface area contributed by atoms with Gasteiger partial charge in [0.25, 0.3) is 0 Å². The van der Waals surface area contributed by atoms with E-state index in [2.05, 4.69) is 42.5 Å². The summed E-state index contributed by atoms with van der Waals surface area (Å²) in [5.74, 6) is -3.46. The maximum absolute atomic E-state index is 12.5. The fourth-order valence-electron chi connectivity index (χ4n) is 3.85. The second kappa shape index (κ2) is 19.2. The average Bonchev–Trinajstić information content (AvgIpc) is 2.94. The van der Waals surface area contributed by atoms with Crippen LogP contribution in [0.1, 0.15) is 0 Å². The number of sulfonamides is 2. The first-order chi connectivity index (χ1) is 22.3. The Morgan fingerprint density at radius 1 is 0.646 bits per heavy atom. The Morgan fingerprint density at radius 2 is 1.00 bits per heavy atom. The van der Waals surface area contributed by atoms with Gasteiger partial charge in [-0.2, -0.15) is 0 Å². The molecule has 48 heavy (non-hydrogen) atoms. The zero-order chi connectivity index (χ0) is 36.1. The fourth-order valence-corrected chi connectivity index (χ4v) is 6.19. The molecule has 0 spiro atoms. The second-order valence-electron chi connectivity index (χ2n) is 9.90. The van der Waals surface area contributed by atoms with Crippen molar-refractivity contribution in [1.29, 1.82) is 0 Å². The van der Waals surface area contributed by atoms with Gasteiger partial charge in [-0.3, -0.25) is 29.0 Å². The lowest BCUT2D eigenvalue weighted by Crippen LogP contribution is -2.39. The van der Waals surface area contributed by atoms with Gasteiger partial charge in [0.05, 0.1) is 73.8 Å². The summed E-state index contributed by atoms with van der Waals surface area (Å²) in [6, 6.07) is 7.54. The van der Waals surface area contributed by atoms with E-state index in [4.69, 9.17) is 19.8 Å². The maximum atomic E-state index is 12.5. The highest BCUT2D eigenvalue weighted by Crippen LogP contribution is 2.26. The standard InChI is InChI=1S/C26H34Br2N6O12S2/c27-19-11-17(47(29,41)42)1-3-21(19)31-23(35)13-33(15-25(37)38)5-7-45-9-10-46-8-6-34(16-26(39)40)14-24(36)32-22-4-2-18(12-20(22)28)48(30,43)44/h1-4,11-12H,5-10,13-16H2,(H,31,35)(H,32,36)(H,37,38)(H,39,40)(H2,29,41,42)(H2,30,43,44). The van der Waals surface area contributed by atoms with Crippen LogP contribution in [0.4, 0.5) is 11.4 Å². The summed E-state index contributed by atoms with van der Waals surface area (Å²) in [7, 11) is -7.89. The van der Waals surface area contributed by atoms with Crippen molar-refractivity contribution in [3.05, 3.63) is 45.3 Å². The third kappa shape index (κ3) is 15.4. The van der Waals surface area contributed by atoms with Crippen LogP contribution in [0.25, 0.3) is 0 Å². The molecular formula is C26H34Br2N6O12S2. The average molecular weight is 847 g/mol. The molecule has 266 valence electrons. The molecule has 2 amide bonds. The van der Waals surface area contributed by atoms with Crippen LogP contribution in [0.2, 0.25) is 0 Å². The van der Waals surface area contributed by atoms with Gasteiger partial charge in [0, 0.05) is 22.0 Å². The summed E-state index contributed by atoms with van der Waals surface area (Å²) in [6.45, 7) is -1.07. The monoisotopic (exact) mass is 844 g/mol. The molecule has 2 aromatic carbocycles. The van der Waals surface area contributed by atoms with Gasteiger partial charge in [-0.25, -0.2) is 27.1 Å². The maximum Gasteiger partial charge on any atom is 0.317 e. The number of nitrogens with one attached hydrogen (secondary N) is 2. The van der Waals surface area contributed by atoms with Crippen LogP contribution in [0.3, 0.4) is 0 Å². The van der Waals surface area contributed by atoms with Crippen molar-refractivity contribution in [2.24, 2.45) is 10.3 Å². The quantitative estimate of drug-likeness (QED) is 0.0896. The smallest absolute Gasteiger partial charge is 0.317 e. The summed E-state index contributed by atoms with van der Waals surface area (Å²) in [5, 5.41) is 33.7. The van der Waals surface area contributed by atoms with E-state index >= 15 is 0 Å². The predicted octanol–water partition coefficient (Wildman–Crippen LogP) is -0.110. The molecule has 0 fully saturated rings. The number of primary sulfonamides is 2. The summed E-state index contributed by atoms with van der Waals surface area (Å²) in [4.78, 5) is 49.9. The van der Waals surface area contributed by atoms with Crippen LogP contribution >= 0.6 is 31.9 Å². The van der Waals surface area contributed by atoms with E-state index in [0.717, 1.165) is 0 Å². The molecular weight excluding hydrogens is 812 g/mol. The molecule has 0 aliphatic rings. The number of halogens is 2. The van der Waals surface area contributed by atoms with Crippen LogP contribution < -0.4 is 20.9 Å². The number of nitrogens with zero attached hydrogens (tertiary/aromatic N) is 2. The zero-order valence-electron chi connectivity index (χ0n) is 25.1. The highest BCUT2D eigenvalue weighted by molar-refractivity contribution is 9.11. The van der Waals surface area contributed by atoms with Crippen LogP contribution in [0.15, 0.2) is 55.1 Å². The first-order valence-corrected chi connectivity index (χ1v) is 18.3. The molecule has 0 heterocycles. The number of hydrogen-bond donors (Lipinski definition) is 6. The number of anilines is 2. The fraction of sp³-hybridized carbons (Fsp3) is 0.385. The molecule has 0 bridgehead atoms. The molecule has 0 radical (unpaired) electrons. The van der Waals surface area contributed by atoms with Gasteiger partial charge in [0.2, 0.25) is 31.9 Å². The zero-order valence-corrected chi connectivity index (χ0v) is 29.9. The van der Waals surface area contributed by atoms with Crippen molar-refractivity contribution in [3.63, 3.8) is 0 Å². The first-order valence-electron chi connectivity index (χ1n) is 13.6. The van der Waals surface area contributed by atoms with Gasteiger partial charge in [-0.1, -0.05) is 0 Å². The van der Waals surface area contributed by atoms with E-state index in [1.165, 1.54) is 46.2 Å². The minimum Gasteiger partial charge on any atom is -0.480 e. The molecule has 2 aromatic rings. The Bertz CT molecular complexity index is 1570. The minimum absolute atomic E-state index is 0.0513. The lowest BCUT2D eigenvalue weighted by atomic mass is 10.3. The Hall–Kier alpha value is -3.06. The largest absolute Gasteiger partial charge is 0.480 e. The van der Waals surface area contributed by atoms with E-state index in [9.17, 15) is 46.2 Å². The van der Waals surface area contributed by atoms with Crippen molar-refractivity contribution in [2.75, 3.05) is 76.3 Å². The van der Waals surface area contributed by atoms with Crippen molar-refractivity contribution < 1.29 is 55.7 Å². The number of carboxylic acids is 2. The first kappa shape index (κ1) is 41.1. The van der Waals surface area contributed by atoms with Crippen molar-refractivity contribution in [2.45, 2.75) is 9.79 Å². The number of carboxylic acid groups (broad SMARTS) is 2. The number of benzene rings is 2. The molecule has 0 saturated heterocycles. The summed E-state index contributed by atoms with van der Waals surface area (Å²) < 4.78 is 57.4. The normalized spacial score (nSPS) is 11.9. The lowest BCUT2D eigenvalue weighted by molar-refractivity contribution is -0.140. The van der Waals surface area contributed by atoms with E-state index in [0.29, 0.717) is 0 Å². The van der Waals surface area contributed by atoms with Gasteiger partial charge in [0.15, 0.2) is 0 Å². The Kier molecular flexibility index (Phi) is 16.5. The second-order valence-corrected chi connectivity index (χ2v) is 14.7. The highest BCUT2D eigenvalue weighted by Gasteiger charge is 2.18. The Labute approximate surface area is 293 Å². The van der Waals surface area contributed by atoms with Gasteiger partial charge in [-0.05, 0) is 68.3 Å². The van der Waals surface area contributed by atoms with Gasteiger partial charge < -0.3 is 30.3 Å². The Balaban J connectivity index is 1.76. The van der Waals surface area contributed by atoms with Crippen molar-refractivity contribution in [3.8, 4) is 0 Å². The number of rotatable bonds is 21. The minimum atomic E-state index is -3.95. The van der Waals surface area contributed by atoms with Gasteiger partial charge in [0.1, 0.15) is 0 Å². The SMILES string of the molecule is NS(=O)(=O)c1ccc(NC(=O)CN(CCOCCOCCN(CC(=O)O)CC(=O)Nc2ccc(S(N)(=O)=O)cc2Br)CC(=O)O)c(Br)c1. The molecule has 0 aliphatic heterocycles. The van der Waals surface area contributed by atoms with Crippen LogP contribution in [-0.4, -0.2) is 126 Å². The van der Waals surface area contributed by atoms with Gasteiger partial charge >= 0.3 is 11.9 Å². The highest BCUT2D eigenvalue weighted by atomic mass is 79.9. The molecule has 8 N–H and O–H groups in total. The third-order valence-corrected chi connectivity index (χ3v) is 9.15. The number of hydrogen-bond acceptors (Lipinski definition) is 12. The van der Waals surface area contributed by atoms with Gasteiger partial charge in [-0.15, -0.1) is 0 Å². The number of ether oxygens (including phenoxy) is 2. The molecule has 0 atom stereocenters. The summed E-state index contributed by atoms with van der Waals surface area (Å²) in [5.41, 5.74) is 0.507. The van der Waals surface area contributed by atoms with Crippen molar-refractivity contribution in [1.82, 2.24) is 9.80 Å². The third-order valence-electron chi connectivity index (χ3n) is 6.01. The predicted molar refractivity (Wildman–Crippen MR) is 178 cm³/mol. The van der Waals surface area contributed by atoms with E-state index in [1.54, 1.807) is 0 Å². The van der Waals surface area contributed by atoms with Crippen LogP contribution in [0, 0.1) is 0 Å². The molecule has 0 saturated carbocycles. The molecule has 22 heteroatoms. The number of carbonyl (C=O) groups is 4. The number of carbonyl (C=O) groups excluding carboxylic acids is 2. The molecule has 0 aliphatic carbocycles. The summed E-state index contributed by atoms with van der Waals surface area (Å²) in [6.07, 6.45) is 0. The molecule has 18 nitrogen and oxygen atoms in total.